The van der Waals surface area contributed by atoms with E-state index >= 15 is 0 Å². The second-order valence-corrected chi connectivity index (χ2v) is 3.57. The predicted molar refractivity (Wildman–Crippen MR) is 48.4 cm³/mol. The molecule has 13 heavy (non-hydrogen) atoms. The summed E-state index contributed by atoms with van der Waals surface area (Å²) in [4.78, 5) is 13.0. The number of aliphatic hydroxyl groups is 1. The molecule has 0 bridgehead atoms. The van der Waals surface area contributed by atoms with Gasteiger partial charge in [0.05, 0.1) is 12.5 Å². The zero-order chi connectivity index (χ0) is 9.84. The standard InChI is InChI=1S/C9H17NO3/c1-2-10-4-3-7(5-10)8(6-11)9(12)13/h7-8,11H,2-6H2,1H3,(H,12,13). The number of nitrogens with zero attached hydrogens (tertiary/aromatic N) is 1. The number of hydrogen-bond acceptors (Lipinski definition) is 3. The summed E-state index contributed by atoms with van der Waals surface area (Å²) in [5.41, 5.74) is 0. The Labute approximate surface area is 78.2 Å². The van der Waals surface area contributed by atoms with Gasteiger partial charge in [-0.25, -0.2) is 0 Å². The van der Waals surface area contributed by atoms with Gasteiger partial charge < -0.3 is 15.1 Å². The maximum absolute atomic E-state index is 10.7. The number of aliphatic hydroxyl groups excluding tert-OH is 1. The quantitative estimate of drug-likeness (QED) is 0.651. The summed E-state index contributed by atoms with van der Waals surface area (Å²) in [7, 11) is 0. The number of carbonyl (C=O) groups is 1. The van der Waals surface area contributed by atoms with E-state index in [9.17, 15) is 4.79 Å². The summed E-state index contributed by atoms with van der Waals surface area (Å²) in [6.45, 7) is 4.57. The predicted octanol–water partition coefficient (Wildman–Crippen LogP) is 0.0213. The minimum absolute atomic E-state index is 0.127. The van der Waals surface area contributed by atoms with Crippen LogP contribution in [-0.2, 0) is 4.79 Å². The van der Waals surface area contributed by atoms with Gasteiger partial charge in [0.15, 0.2) is 0 Å². The molecule has 4 nitrogen and oxygen atoms in total. The average molecular weight is 187 g/mol. The third-order valence-corrected chi connectivity index (χ3v) is 2.84. The Hall–Kier alpha value is -0.610. The highest BCUT2D eigenvalue weighted by atomic mass is 16.4. The fourth-order valence-corrected chi connectivity index (χ4v) is 1.91. The third kappa shape index (κ3) is 2.42. The molecular formula is C9H17NO3. The van der Waals surface area contributed by atoms with E-state index in [1.165, 1.54) is 0 Å². The van der Waals surface area contributed by atoms with Crippen molar-refractivity contribution in [3.63, 3.8) is 0 Å². The van der Waals surface area contributed by atoms with Gasteiger partial charge in [-0.1, -0.05) is 6.92 Å². The Morgan fingerprint density at radius 2 is 2.38 bits per heavy atom. The van der Waals surface area contributed by atoms with Crippen LogP contribution >= 0.6 is 0 Å². The normalized spacial score (nSPS) is 26.2. The van der Waals surface area contributed by atoms with Gasteiger partial charge in [0.1, 0.15) is 0 Å². The molecular weight excluding hydrogens is 170 g/mol. The van der Waals surface area contributed by atoms with Gasteiger partial charge in [-0.15, -0.1) is 0 Å². The molecule has 4 heteroatoms. The summed E-state index contributed by atoms with van der Waals surface area (Å²) in [6.07, 6.45) is 0.894. The van der Waals surface area contributed by atoms with E-state index in [-0.39, 0.29) is 12.5 Å². The van der Waals surface area contributed by atoms with Crippen LogP contribution in [0.5, 0.6) is 0 Å². The molecule has 76 valence electrons. The zero-order valence-corrected chi connectivity index (χ0v) is 7.94. The van der Waals surface area contributed by atoms with E-state index in [1.807, 2.05) is 0 Å². The molecule has 0 radical (unpaired) electrons. The molecule has 0 aromatic rings. The lowest BCUT2D eigenvalue weighted by Crippen LogP contribution is -2.29. The first kappa shape index (κ1) is 10.5. The molecule has 1 saturated heterocycles. The Morgan fingerprint density at radius 3 is 2.77 bits per heavy atom. The number of rotatable bonds is 4. The smallest absolute Gasteiger partial charge is 0.309 e. The van der Waals surface area contributed by atoms with Crippen LogP contribution in [0.3, 0.4) is 0 Å². The van der Waals surface area contributed by atoms with Crippen LogP contribution in [0.4, 0.5) is 0 Å². The molecule has 1 heterocycles. The zero-order valence-electron chi connectivity index (χ0n) is 7.94. The van der Waals surface area contributed by atoms with Crippen molar-refractivity contribution in [3.05, 3.63) is 0 Å². The molecule has 2 N–H and O–H groups in total. The van der Waals surface area contributed by atoms with Crippen molar-refractivity contribution < 1.29 is 15.0 Å². The monoisotopic (exact) mass is 187 g/mol. The van der Waals surface area contributed by atoms with Crippen molar-refractivity contribution >= 4 is 5.97 Å². The molecule has 2 unspecified atom stereocenters. The number of carboxylic acid groups (broad SMARTS) is 1. The Morgan fingerprint density at radius 1 is 1.69 bits per heavy atom. The van der Waals surface area contributed by atoms with Gasteiger partial charge in [-0.05, 0) is 25.4 Å². The molecule has 1 fully saturated rings. The highest BCUT2D eigenvalue weighted by molar-refractivity contribution is 5.70. The van der Waals surface area contributed by atoms with Crippen LogP contribution in [0.15, 0.2) is 0 Å². The first-order valence-corrected chi connectivity index (χ1v) is 4.75. The first-order chi connectivity index (χ1) is 6.19. The van der Waals surface area contributed by atoms with Crippen LogP contribution in [0.2, 0.25) is 0 Å². The molecule has 0 amide bonds. The Bertz CT molecular complexity index is 184. The lowest BCUT2D eigenvalue weighted by Gasteiger charge is -2.17. The van der Waals surface area contributed by atoms with Crippen LogP contribution in [-0.4, -0.2) is 47.3 Å². The van der Waals surface area contributed by atoms with Gasteiger partial charge in [0.2, 0.25) is 0 Å². The van der Waals surface area contributed by atoms with E-state index in [0.717, 1.165) is 26.1 Å². The van der Waals surface area contributed by atoms with E-state index in [2.05, 4.69) is 11.8 Å². The van der Waals surface area contributed by atoms with Crippen molar-refractivity contribution in [2.45, 2.75) is 13.3 Å². The number of carboxylic acids is 1. The summed E-state index contributed by atoms with van der Waals surface area (Å²) < 4.78 is 0. The van der Waals surface area contributed by atoms with Crippen LogP contribution in [0.1, 0.15) is 13.3 Å². The van der Waals surface area contributed by atoms with Gasteiger partial charge in [-0.3, -0.25) is 4.79 Å². The fourth-order valence-electron chi connectivity index (χ4n) is 1.91. The third-order valence-electron chi connectivity index (χ3n) is 2.84. The van der Waals surface area contributed by atoms with E-state index in [0.29, 0.717) is 0 Å². The summed E-state index contributed by atoms with van der Waals surface area (Å²) in [5.74, 6) is -1.32. The summed E-state index contributed by atoms with van der Waals surface area (Å²) in [5, 5.41) is 17.7. The SMILES string of the molecule is CCN1CCC(C(CO)C(=O)O)C1. The highest BCUT2D eigenvalue weighted by Gasteiger charge is 2.32. The second-order valence-electron chi connectivity index (χ2n) is 3.57. The molecule has 2 atom stereocenters. The molecule has 0 aliphatic carbocycles. The fraction of sp³-hybridized carbons (Fsp3) is 0.889. The van der Waals surface area contributed by atoms with Crippen molar-refractivity contribution in [3.8, 4) is 0 Å². The average Bonchev–Trinajstić information content (AvgIpc) is 2.53. The topological polar surface area (TPSA) is 60.8 Å². The molecule has 1 aliphatic heterocycles. The lowest BCUT2D eigenvalue weighted by molar-refractivity contribution is -0.145. The number of hydrogen-bond donors (Lipinski definition) is 2. The minimum atomic E-state index is -0.870. The molecule has 0 saturated carbocycles. The maximum atomic E-state index is 10.7. The van der Waals surface area contributed by atoms with Crippen molar-refractivity contribution in [2.75, 3.05) is 26.2 Å². The molecule has 0 aromatic carbocycles. The lowest BCUT2D eigenvalue weighted by atomic mass is 9.92. The second kappa shape index (κ2) is 4.58. The minimum Gasteiger partial charge on any atom is -0.481 e. The summed E-state index contributed by atoms with van der Waals surface area (Å²) >= 11 is 0. The number of likely N-dealkylation sites (tertiary alicyclic amines) is 1. The van der Waals surface area contributed by atoms with E-state index < -0.39 is 11.9 Å². The van der Waals surface area contributed by atoms with Gasteiger partial charge in [0, 0.05) is 6.54 Å². The Balaban J connectivity index is 2.48. The van der Waals surface area contributed by atoms with Gasteiger partial charge in [-0.2, -0.15) is 0 Å². The van der Waals surface area contributed by atoms with E-state index in [4.69, 9.17) is 10.2 Å². The van der Waals surface area contributed by atoms with Crippen LogP contribution in [0.25, 0.3) is 0 Å². The van der Waals surface area contributed by atoms with Crippen molar-refractivity contribution in [1.82, 2.24) is 4.90 Å². The summed E-state index contributed by atoms with van der Waals surface area (Å²) in [6, 6.07) is 0. The van der Waals surface area contributed by atoms with Gasteiger partial charge in [0.25, 0.3) is 0 Å². The molecule has 0 aromatic heterocycles. The molecule has 1 aliphatic rings. The molecule has 1 rings (SSSR count). The maximum Gasteiger partial charge on any atom is 0.309 e. The molecule has 0 spiro atoms. The first-order valence-electron chi connectivity index (χ1n) is 4.75. The largest absolute Gasteiger partial charge is 0.481 e. The highest BCUT2D eigenvalue weighted by Crippen LogP contribution is 2.23. The van der Waals surface area contributed by atoms with Crippen molar-refractivity contribution in [2.24, 2.45) is 11.8 Å². The Kier molecular flexibility index (Phi) is 3.69. The van der Waals surface area contributed by atoms with Crippen LogP contribution in [0, 0.1) is 11.8 Å². The number of aliphatic carboxylic acids is 1. The van der Waals surface area contributed by atoms with Gasteiger partial charge >= 0.3 is 5.97 Å². The van der Waals surface area contributed by atoms with Crippen LogP contribution < -0.4 is 0 Å². The van der Waals surface area contributed by atoms with E-state index in [1.54, 1.807) is 0 Å². The van der Waals surface area contributed by atoms with Crippen molar-refractivity contribution in [1.29, 1.82) is 0 Å².